The van der Waals surface area contributed by atoms with Gasteiger partial charge < -0.3 is 10.5 Å². The molecule has 0 aromatic heterocycles. The highest BCUT2D eigenvalue weighted by Crippen LogP contribution is 2.23. The van der Waals surface area contributed by atoms with E-state index in [-0.39, 0.29) is 6.04 Å². The average molecular weight is 290 g/mol. The Morgan fingerprint density at radius 2 is 1.80 bits per heavy atom. The van der Waals surface area contributed by atoms with Crippen molar-refractivity contribution in [1.82, 2.24) is 0 Å². The van der Waals surface area contributed by atoms with E-state index in [2.05, 4.69) is 32.0 Å². The van der Waals surface area contributed by atoms with Crippen LogP contribution in [-0.2, 0) is 0 Å². The third kappa shape index (κ3) is 3.53. The topological polar surface area (TPSA) is 35.2 Å². The first-order valence-electron chi connectivity index (χ1n) is 6.69. The number of hydrogen-bond donors (Lipinski definition) is 1. The second-order valence-electron chi connectivity index (χ2n) is 5.19. The first-order chi connectivity index (χ1) is 9.47. The van der Waals surface area contributed by atoms with Crippen LogP contribution in [0.5, 0.6) is 5.75 Å². The minimum Gasteiger partial charge on any atom is -0.492 e. The van der Waals surface area contributed by atoms with E-state index in [1.165, 1.54) is 11.1 Å². The molecule has 0 aliphatic rings. The van der Waals surface area contributed by atoms with E-state index in [1.807, 2.05) is 25.1 Å². The standard InChI is InChI=1S/C17H20ClNO/c1-11-4-5-12(2)15(8-11)17(19)10-20-14-6-7-16(18)13(3)9-14/h4-9,17H,10,19H2,1-3H3. The Morgan fingerprint density at radius 1 is 1.05 bits per heavy atom. The van der Waals surface area contributed by atoms with Crippen LogP contribution < -0.4 is 10.5 Å². The molecule has 106 valence electrons. The van der Waals surface area contributed by atoms with Crippen LogP contribution in [0.3, 0.4) is 0 Å². The molecule has 20 heavy (non-hydrogen) atoms. The molecule has 0 bridgehead atoms. The molecule has 0 amide bonds. The molecule has 2 aromatic rings. The summed E-state index contributed by atoms with van der Waals surface area (Å²) < 4.78 is 5.77. The van der Waals surface area contributed by atoms with Crippen molar-refractivity contribution in [3.8, 4) is 5.75 Å². The van der Waals surface area contributed by atoms with Crippen LogP contribution in [0.2, 0.25) is 5.02 Å². The van der Waals surface area contributed by atoms with E-state index in [1.54, 1.807) is 0 Å². The van der Waals surface area contributed by atoms with E-state index >= 15 is 0 Å². The van der Waals surface area contributed by atoms with Gasteiger partial charge in [-0.15, -0.1) is 0 Å². The number of rotatable bonds is 4. The summed E-state index contributed by atoms with van der Waals surface area (Å²) in [6.07, 6.45) is 0. The van der Waals surface area contributed by atoms with Crippen molar-refractivity contribution in [2.24, 2.45) is 5.73 Å². The van der Waals surface area contributed by atoms with Crippen LogP contribution in [0.1, 0.15) is 28.3 Å². The molecule has 3 heteroatoms. The molecule has 0 saturated carbocycles. The number of nitrogens with two attached hydrogens (primary N) is 1. The van der Waals surface area contributed by atoms with Crippen LogP contribution in [0.25, 0.3) is 0 Å². The Labute approximate surface area is 125 Å². The third-order valence-electron chi connectivity index (χ3n) is 3.39. The third-order valence-corrected chi connectivity index (χ3v) is 3.82. The molecule has 0 heterocycles. The summed E-state index contributed by atoms with van der Waals surface area (Å²) in [5, 5.41) is 0.746. The van der Waals surface area contributed by atoms with Crippen molar-refractivity contribution in [2.45, 2.75) is 26.8 Å². The molecule has 0 saturated heterocycles. The van der Waals surface area contributed by atoms with Crippen LogP contribution in [0.15, 0.2) is 36.4 Å². The number of benzene rings is 2. The largest absolute Gasteiger partial charge is 0.492 e. The second-order valence-corrected chi connectivity index (χ2v) is 5.60. The minimum absolute atomic E-state index is 0.133. The zero-order valence-corrected chi connectivity index (χ0v) is 12.9. The van der Waals surface area contributed by atoms with Gasteiger partial charge in [-0.1, -0.05) is 35.4 Å². The summed E-state index contributed by atoms with van der Waals surface area (Å²) in [6.45, 7) is 6.55. The summed E-state index contributed by atoms with van der Waals surface area (Å²) in [7, 11) is 0. The highest BCUT2D eigenvalue weighted by molar-refractivity contribution is 6.31. The van der Waals surface area contributed by atoms with Gasteiger partial charge in [0.2, 0.25) is 0 Å². The SMILES string of the molecule is Cc1ccc(C)c(C(N)COc2ccc(Cl)c(C)c2)c1. The normalized spacial score (nSPS) is 12.2. The predicted octanol–water partition coefficient (Wildman–Crippen LogP) is 4.34. The van der Waals surface area contributed by atoms with Crippen LogP contribution in [-0.4, -0.2) is 6.61 Å². The Balaban J connectivity index is 2.06. The molecule has 2 rings (SSSR count). The fraction of sp³-hybridized carbons (Fsp3) is 0.294. The lowest BCUT2D eigenvalue weighted by Crippen LogP contribution is -2.20. The highest BCUT2D eigenvalue weighted by atomic mass is 35.5. The van der Waals surface area contributed by atoms with Crippen molar-refractivity contribution in [3.05, 3.63) is 63.7 Å². The van der Waals surface area contributed by atoms with Crippen molar-refractivity contribution >= 4 is 11.6 Å². The lowest BCUT2D eigenvalue weighted by Gasteiger charge is -2.17. The minimum atomic E-state index is -0.133. The van der Waals surface area contributed by atoms with E-state index in [0.29, 0.717) is 6.61 Å². The lowest BCUT2D eigenvalue weighted by molar-refractivity contribution is 0.290. The molecule has 2 N–H and O–H groups in total. The van der Waals surface area contributed by atoms with Gasteiger partial charge in [0.1, 0.15) is 12.4 Å². The molecule has 0 fully saturated rings. The maximum Gasteiger partial charge on any atom is 0.119 e. The molecule has 0 aliphatic carbocycles. The number of hydrogen-bond acceptors (Lipinski definition) is 2. The molecular weight excluding hydrogens is 270 g/mol. The monoisotopic (exact) mass is 289 g/mol. The van der Waals surface area contributed by atoms with Crippen LogP contribution in [0, 0.1) is 20.8 Å². The molecule has 1 atom stereocenters. The van der Waals surface area contributed by atoms with Crippen molar-refractivity contribution < 1.29 is 4.74 Å². The van der Waals surface area contributed by atoms with Gasteiger partial charge >= 0.3 is 0 Å². The van der Waals surface area contributed by atoms with Crippen LogP contribution >= 0.6 is 11.6 Å². The summed E-state index contributed by atoms with van der Waals surface area (Å²) in [5.74, 6) is 0.799. The molecule has 1 unspecified atom stereocenters. The number of halogens is 1. The molecule has 0 spiro atoms. The van der Waals surface area contributed by atoms with Crippen molar-refractivity contribution in [2.75, 3.05) is 6.61 Å². The number of aryl methyl sites for hydroxylation is 3. The maximum absolute atomic E-state index is 6.23. The highest BCUT2D eigenvalue weighted by Gasteiger charge is 2.10. The quantitative estimate of drug-likeness (QED) is 0.908. The van der Waals surface area contributed by atoms with Gasteiger partial charge in [0, 0.05) is 5.02 Å². The molecule has 0 aliphatic heterocycles. The van der Waals surface area contributed by atoms with Crippen molar-refractivity contribution in [1.29, 1.82) is 0 Å². The Morgan fingerprint density at radius 3 is 2.50 bits per heavy atom. The van der Waals surface area contributed by atoms with Gasteiger partial charge in [-0.2, -0.15) is 0 Å². The Kier molecular flexibility index (Phi) is 4.69. The predicted molar refractivity (Wildman–Crippen MR) is 84.5 cm³/mol. The van der Waals surface area contributed by atoms with E-state index in [0.717, 1.165) is 21.9 Å². The fourth-order valence-electron chi connectivity index (χ4n) is 2.14. The molecule has 2 nitrogen and oxygen atoms in total. The van der Waals surface area contributed by atoms with Crippen LogP contribution in [0.4, 0.5) is 0 Å². The van der Waals surface area contributed by atoms with E-state index in [4.69, 9.17) is 22.1 Å². The maximum atomic E-state index is 6.23. The average Bonchev–Trinajstić information content (AvgIpc) is 2.42. The summed E-state index contributed by atoms with van der Waals surface area (Å²) in [4.78, 5) is 0. The van der Waals surface area contributed by atoms with Gasteiger partial charge in [0.05, 0.1) is 6.04 Å². The molecule has 2 aromatic carbocycles. The number of ether oxygens (including phenoxy) is 1. The van der Waals surface area contributed by atoms with Gasteiger partial charge in [-0.25, -0.2) is 0 Å². The Hall–Kier alpha value is -1.51. The van der Waals surface area contributed by atoms with Gasteiger partial charge in [-0.05, 0) is 55.7 Å². The zero-order valence-electron chi connectivity index (χ0n) is 12.1. The Bertz CT molecular complexity index is 610. The van der Waals surface area contributed by atoms with Crippen molar-refractivity contribution in [3.63, 3.8) is 0 Å². The fourth-order valence-corrected chi connectivity index (χ4v) is 2.26. The van der Waals surface area contributed by atoms with E-state index < -0.39 is 0 Å². The molecule has 0 radical (unpaired) electrons. The van der Waals surface area contributed by atoms with Gasteiger partial charge in [-0.3, -0.25) is 0 Å². The summed E-state index contributed by atoms with van der Waals surface area (Å²) in [6, 6.07) is 11.8. The zero-order chi connectivity index (χ0) is 14.7. The van der Waals surface area contributed by atoms with Gasteiger partial charge in [0.25, 0.3) is 0 Å². The second kappa shape index (κ2) is 6.29. The first-order valence-corrected chi connectivity index (χ1v) is 7.07. The molecular formula is C17H20ClNO. The smallest absolute Gasteiger partial charge is 0.119 e. The summed E-state index contributed by atoms with van der Waals surface area (Å²) >= 11 is 6.00. The summed E-state index contributed by atoms with van der Waals surface area (Å²) in [5.41, 5.74) is 10.8. The lowest BCUT2D eigenvalue weighted by atomic mass is 10.00. The van der Waals surface area contributed by atoms with E-state index in [9.17, 15) is 0 Å². The first kappa shape index (κ1) is 14.9. The van der Waals surface area contributed by atoms with Gasteiger partial charge in [0.15, 0.2) is 0 Å².